The third-order valence-electron chi connectivity index (χ3n) is 2.41. The molecule has 0 spiro atoms. The number of hydrogen-bond acceptors (Lipinski definition) is 2. The lowest BCUT2D eigenvalue weighted by molar-refractivity contribution is 0.194. The Morgan fingerprint density at radius 3 is 2.82 bits per heavy atom. The zero-order chi connectivity index (χ0) is 12.7. The van der Waals surface area contributed by atoms with Crippen molar-refractivity contribution in [3.63, 3.8) is 0 Å². The maximum Gasteiger partial charge on any atom is 0.404 e. The van der Waals surface area contributed by atoms with E-state index < -0.39 is 6.09 Å². The van der Waals surface area contributed by atoms with Crippen molar-refractivity contribution < 1.29 is 9.90 Å². The Morgan fingerprint density at radius 2 is 2.18 bits per heavy atom. The first-order chi connectivity index (χ1) is 8.09. The van der Waals surface area contributed by atoms with Crippen molar-refractivity contribution in [3.05, 3.63) is 35.4 Å². The number of rotatable bonds is 6. The second-order valence-corrected chi connectivity index (χ2v) is 3.80. The molecular weight excluding hydrogens is 218 g/mol. The van der Waals surface area contributed by atoms with E-state index in [1.807, 2.05) is 18.2 Å². The molecule has 5 N–H and O–H groups in total. The van der Waals surface area contributed by atoms with Gasteiger partial charge in [-0.15, -0.1) is 0 Å². The van der Waals surface area contributed by atoms with E-state index in [0.717, 1.165) is 30.4 Å². The summed E-state index contributed by atoms with van der Waals surface area (Å²) in [5, 5.41) is 18.0. The summed E-state index contributed by atoms with van der Waals surface area (Å²) in [6.45, 7) is 0.474. The first-order valence-electron chi connectivity index (χ1n) is 5.49. The Bertz CT molecular complexity index is 404. The molecule has 1 aromatic carbocycles. The summed E-state index contributed by atoms with van der Waals surface area (Å²) in [6.07, 6.45) is 1.59. The van der Waals surface area contributed by atoms with Crippen LogP contribution in [0.15, 0.2) is 24.3 Å². The number of nitrogens with two attached hydrogens (primary N) is 1. The number of amides is 1. The molecule has 0 aromatic heterocycles. The molecule has 17 heavy (non-hydrogen) atoms. The molecule has 5 nitrogen and oxygen atoms in total. The normalized spacial score (nSPS) is 9.88. The number of unbranched alkanes of at least 4 members (excludes halogenated alkanes) is 1. The van der Waals surface area contributed by atoms with Crippen LogP contribution >= 0.6 is 0 Å². The van der Waals surface area contributed by atoms with Crippen molar-refractivity contribution >= 4 is 11.9 Å². The highest BCUT2D eigenvalue weighted by molar-refractivity contribution is 5.95. The number of amidine groups is 1. The highest BCUT2D eigenvalue weighted by Crippen LogP contribution is 2.08. The van der Waals surface area contributed by atoms with Crippen LogP contribution in [0.5, 0.6) is 0 Å². The predicted molar refractivity (Wildman–Crippen MR) is 66.4 cm³/mol. The quantitative estimate of drug-likeness (QED) is 0.342. The van der Waals surface area contributed by atoms with E-state index in [-0.39, 0.29) is 5.84 Å². The Morgan fingerprint density at radius 1 is 1.41 bits per heavy atom. The molecule has 0 saturated carbocycles. The maximum atomic E-state index is 10.2. The lowest BCUT2D eigenvalue weighted by Crippen LogP contribution is -2.21. The van der Waals surface area contributed by atoms with Crippen LogP contribution in [0.25, 0.3) is 0 Å². The average molecular weight is 235 g/mol. The van der Waals surface area contributed by atoms with Crippen molar-refractivity contribution in [3.8, 4) is 0 Å². The molecular formula is C12H17N3O2. The number of nitrogen functional groups attached to an aromatic ring is 1. The minimum Gasteiger partial charge on any atom is -0.465 e. The highest BCUT2D eigenvalue weighted by atomic mass is 16.4. The summed E-state index contributed by atoms with van der Waals surface area (Å²) in [4.78, 5) is 10.2. The number of carboxylic acid groups (broad SMARTS) is 1. The third kappa shape index (κ3) is 5.01. The Balaban J connectivity index is 2.34. The van der Waals surface area contributed by atoms with Crippen molar-refractivity contribution in [1.29, 1.82) is 5.41 Å². The fourth-order valence-corrected chi connectivity index (χ4v) is 1.54. The van der Waals surface area contributed by atoms with Crippen LogP contribution in [-0.2, 0) is 6.42 Å². The van der Waals surface area contributed by atoms with E-state index in [2.05, 4.69) is 5.32 Å². The largest absolute Gasteiger partial charge is 0.465 e. The van der Waals surface area contributed by atoms with Gasteiger partial charge in [0.25, 0.3) is 0 Å². The van der Waals surface area contributed by atoms with Crippen LogP contribution in [0.1, 0.15) is 24.0 Å². The molecule has 1 amide bonds. The number of carbonyl (C=O) groups is 1. The zero-order valence-corrected chi connectivity index (χ0v) is 9.57. The van der Waals surface area contributed by atoms with Crippen LogP contribution in [0.2, 0.25) is 0 Å². The monoisotopic (exact) mass is 235 g/mol. The molecule has 0 heterocycles. The lowest BCUT2D eigenvalue weighted by Gasteiger charge is -2.04. The van der Waals surface area contributed by atoms with Crippen LogP contribution in [0.3, 0.4) is 0 Å². The summed E-state index contributed by atoms with van der Waals surface area (Å²) in [6, 6.07) is 7.56. The van der Waals surface area contributed by atoms with Crippen LogP contribution in [0, 0.1) is 5.41 Å². The van der Waals surface area contributed by atoms with Gasteiger partial charge in [0.05, 0.1) is 0 Å². The molecule has 0 aliphatic rings. The topological polar surface area (TPSA) is 99.2 Å². The van der Waals surface area contributed by atoms with Gasteiger partial charge in [0.2, 0.25) is 0 Å². The van der Waals surface area contributed by atoms with Gasteiger partial charge in [-0.2, -0.15) is 0 Å². The molecule has 1 aromatic rings. The minimum absolute atomic E-state index is 0.0689. The van der Waals surface area contributed by atoms with Gasteiger partial charge in [0.1, 0.15) is 5.84 Å². The highest BCUT2D eigenvalue weighted by Gasteiger charge is 1.99. The lowest BCUT2D eigenvalue weighted by atomic mass is 10.0. The van der Waals surface area contributed by atoms with Gasteiger partial charge >= 0.3 is 6.09 Å². The number of hydrogen-bond donors (Lipinski definition) is 4. The van der Waals surface area contributed by atoms with Crippen LogP contribution in [-0.4, -0.2) is 23.6 Å². The van der Waals surface area contributed by atoms with E-state index in [0.29, 0.717) is 6.54 Å². The van der Waals surface area contributed by atoms with Crippen molar-refractivity contribution in [2.45, 2.75) is 19.3 Å². The number of nitrogens with one attached hydrogen (secondary N) is 2. The van der Waals surface area contributed by atoms with Crippen LogP contribution in [0.4, 0.5) is 4.79 Å². The maximum absolute atomic E-state index is 10.2. The van der Waals surface area contributed by atoms with Gasteiger partial charge in [0, 0.05) is 12.1 Å². The molecule has 92 valence electrons. The van der Waals surface area contributed by atoms with Gasteiger partial charge in [-0.3, -0.25) is 5.41 Å². The van der Waals surface area contributed by atoms with E-state index in [4.69, 9.17) is 16.2 Å². The summed E-state index contributed by atoms with van der Waals surface area (Å²) in [5.41, 5.74) is 7.25. The summed E-state index contributed by atoms with van der Waals surface area (Å²) >= 11 is 0. The summed E-state index contributed by atoms with van der Waals surface area (Å²) < 4.78 is 0. The van der Waals surface area contributed by atoms with Gasteiger partial charge in [-0.05, 0) is 30.9 Å². The molecule has 1 rings (SSSR count). The van der Waals surface area contributed by atoms with Gasteiger partial charge < -0.3 is 16.2 Å². The van der Waals surface area contributed by atoms with Crippen LogP contribution < -0.4 is 11.1 Å². The van der Waals surface area contributed by atoms with E-state index in [1.165, 1.54) is 0 Å². The van der Waals surface area contributed by atoms with E-state index in [1.54, 1.807) is 6.07 Å². The first-order valence-corrected chi connectivity index (χ1v) is 5.49. The summed E-state index contributed by atoms with van der Waals surface area (Å²) in [7, 11) is 0. The number of aryl methyl sites for hydroxylation is 1. The van der Waals surface area contributed by atoms with Crippen molar-refractivity contribution in [2.75, 3.05) is 6.54 Å². The molecule has 0 bridgehead atoms. The predicted octanol–water partition coefficient (Wildman–Crippen LogP) is 1.56. The number of benzene rings is 1. The molecule has 0 aliphatic carbocycles. The zero-order valence-electron chi connectivity index (χ0n) is 9.57. The standard InChI is InChI=1S/C12H17N3O2/c13-11(14)10-6-3-5-9(8-10)4-1-2-7-15-12(16)17/h3,5-6,8,15H,1-2,4,7H2,(H3,13,14)(H,16,17). The first kappa shape index (κ1) is 13.0. The SMILES string of the molecule is N=C(N)c1cccc(CCCCNC(=O)O)c1. The van der Waals surface area contributed by atoms with E-state index in [9.17, 15) is 4.79 Å². The Kier molecular flexibility index (Phi) is 5.00. The third-order valence-corrected chi connectivity index (χ3v) is 2.41. The van der Waals surface area contributed by atoms with Crippen molar-refractivity contribution in [2.24, 2.45) is 5.73 Å². The molecule has 0 aliphatic heterocycles. The molecule has 5 heteroatoms. The van der Waals surface area contributed by atoms with Gasteiger partial charge in [-0.1, -0.05) is 18.2 Å². The molecule has 0 radical (unpaired) electrons. The fraction of sp³-hybridized carbons (Fsp3) is 0.333. The smallest absolute Gasteiger partial charge is 0.404 e. The van der Waals surface area contributed by atoms with Gasteiger partial charge in [0.15, 0.2) is 0 Å². The summed E-state index contributed by atoms with van der Waals surface area (Å²) in [5.74, 6) is 0.0689. The van der Waals surface area contributed by atoms with Crippen molar-refractivity contribution in [1.82, 2.24) is 5.32 Å². The van der Waals surface area contributed by atoms with Gasteiger partial charge in [-0.25, -0.2) is 4.79 Å². The molecule has 0 atom stereocenters. The molecule has 0 unspecified atom stereocenters. The fourth-order valence-electron chi connectivity index (χ4n) is 1.54. The minimum atomic E-state index is -0.983. The second kappa shape index (κ2) is 6.52. The molecule has 0 fully saturated rings. The second-order valence-electron chi connectivity index (χ2n) is 3.80. The average Bonchev–Trinajstić information content (AvgIpc) is 2.28. The Labute approximate surface area is 100 Å². The van der Waals surface area contributed by atoms with E-state index >= 15 is 0 Å². The Hall–Kier alpha value is -2.04. The molecule has 0 saturated heterocycles.